The zero-order chi connectivity index (χ0) is 34.1. The van der Waals surface area contributed by atoms with E-state index in [1.807, 2.05) is 6.07 Å². The molecule has 2 nitrogen and oxygen atoms in total. The summed E-state index contributed by atoms with van der Waals surface area (Å²) >= 11 is 0. The van der Waals surface area contributed by atoms with Crippen LogP contribution < -0.4 is 0 Å². The molecule has 1 aliphatic rings. The summed E-state index contributed by atoms with van der Waals surface area (Å²) in [7, 11) is 0. The lowest BCUT2D eigenvalue weighted by molar-refractivity contribution is 0.662. The third-order valence-electron chi connectivity index (χ3n) is 10.9. The topological polar surface area (TPSA) is 25.8 Å². The minimum Gasteiger partial charge on any atom is -0.228 e. The zero-order valence-electron chi connectivity index (χ0n) is 28.6. The molecular weight excluding hydrogens is 617 g/mol. The molecule has 0 radical (unpaired) electrons. The average molecular weight is 651 g/mol. The highest BCUT2D eigenvalue weighted by molar-refractivity contribution is 6.09. The van der Waals surface area contributed by atoms with E-state index < -0.39 is 0 Å². The maximum absolute atomic E-state index is 5.33. The standard InChI is InChI=1S/C49H34N2/c1-49(2)43-29-26-32-15-7-9-20-35(32)46(43)42-25-13-23-40(47(42)49)38-27-28-39(37-22-11-10-21-36(37)38)45-30-44(33-16-4-3-5-17-33)50-48(51-45)41-24-12-18-31-14-6-8-19-34(31)41/h3-30H,1-2H3. The van der Waals surface area contributed by atoms with Crippen molar-refractivity contribution in [2.24, 2.45) is 0 Å². The summed E-state index contributed by atoms with van der Waals surface area (Å²) in [6.07, 6.45) is 0. The summed E-state index contributed by atoms with van der Waals surface area (Å²) in [6, 6.07) is 61.1. The van der Waals surface area contributed by atoms with Gasteiger partial charge in [0.25, 0.3) is 0 Å². The van der Waals surface area contributed by atoms with Crippen molar-refractivity contribution in [2.45, 2.75) is 19.3 Å². The lowest BCUT2D eigenvalue weighted by Crippen LogP contribution is -2.16. The summed E-state index contributed by atoms with van der Waals surface area (Å²) in [4.78, 5) is 10.5. The van der Waals surface area contributed by atoms with E-state index in [-0.39, 0.29) is 5.41 Å². The summed E-state index contributed by atoms with van der Waals surface area (Å²) in [5, 5.41) is 7.31. The number of hydrogen-bond acceptors (Lipinski definition) is 2. The van der Waals surface area contributed by atoms with Crippen molar-refractivity contribution in [1.29, 1.82) is 0 Å². The van der Waals surface area contributed by atoms with Crippen molar-refractivity contribution < 1.29 is 0 Å². The Balaban J connectivity index is 1.20. The lowest BCUT2D eigenvalue weighted by atomic mass is 9.78. The first-order valence-electron chi connectivity index (χ1n) is 17.7. The van der Waals surface area contributed by atoms with Crippen molar-refractivity contribution >= 4 is 32.3 Å². The predicted molar refractivity (Wildman–Crippen MR) is 214 cm³/mol. The van der Waals surface area contributed by atoms with Gasteiger partial charge in [0.15, 0.2) is 5.82 Å². The van der Waals surface area contributed by atoms with Gasteiger partial charge in [-0.3, -0.25) is 0 Å². The fourth-order valence-corrected chi connectivity index (χ4v) is 8.52. The Morgan fingerprint density at radius 2 is 0.961 bits per heavy atom. The molecule has 0 fully saturated rings. The Labute approximate surface area is 297 Å². The largest absolute Gasteiger partial charge is 0.228 e. The van der Waals surface area contributed by atoms with E-state index >= 15 is 0 Å². The number of nitrogens with zero attached hydrogens (tertiary/aromatic N) is 2. The number of benzene rings is 8. The highest BCUT2D eigenvalue weighted by Crippen LogP contribution is 2.55. The van der Waals surface area contributed by atoms with E-state index in [0.717, 1.165) is 39.3 Å². The van der Waals surface area contributed by atoms with Crippen LogP contribution in [0.25, 0.3) is 88.5 Å². The molecule has 2 heteroatoms. The normalized spacial score (nSPS) is 13.1. The Morgan fingerprint density at radius 3 is 1.76 bits per heavy atom. The molecule has 0 unspecified atom stereocenters. The Bertz CT molecular complexity index is 2820. The van der Waals surface area contributed by atoms with Gasteiger partial charge in [0.1, 0.15) is 0 Å². The van der Waals surface area contributed by atoms with Crippen molar-refractivity contribution in [3.63, 3.8) is 0 Å². The molecule has 0 N–H and O–H groups in total. The maximum Gasteiger partial charge on any atom is 0.161 e. The average Bonchev–Trinajstić information content (AvgIpc) is 3.43. The summed E-state index contributed by atoms with van der Waals surface area (Å²) in [5.41, 5.74) is 12.9. The maximum atomic E-state index is 5.33. The molecule has 0 atom stereocenters. The monoisotopic (exact) mass is 650 g/mol. The summed E-state index contributed by atoms with van der Waals surface area (Å²) in [5.74, 6) is 0.726. The Hall–Kier alpha value is -6.38. The molecule has 0 aliphatic heterocycles. The quantitative estimate of drug-likeness (QED) is 0.189. The molecular formula is C49H34N2. The highest BCUT2D eigenvalue weighted by Gasteiger charge is 2.38. The first-order chi connectivity index (χ1) is 25.1. The number of rotatable bonds is 4. The number of hydrogen-bond donors (Lipinski definition) is 0. The Morgan fingerprint density at radius 1 is 0.392 bits per heavy atom. The van der Waals surface area contributed by atoms with Gasteiger partial charge in [0.2, 0.25) is 0 Å². The van der Waals surface area contributed by atoms with Gasteiger partial charge in [-0.1, -0.05) is 178 Å². The van der Waals surface area contributed by atoms with Gasteiger partial charge in [-0.05, 0) is 71.8 Å². The van der Waals surface area contributed by atoms with Crippen LogP contribution in [0.1, 0.15) is 25.0 Å². The van der Waals surface area contributed by atoms with E-state index in [4.69, 9.17) is 9.97 Å². The van der Waals surface area contributed by atoms with Crippen LogP contribution >= 0.6 is 0 Å². The molecule has 240 valence electrons. The molecule has 10 rings (SSSR count). The van der Waals surface area contributed by atoms with E-state index in [9.17, 15) is 0 Å². The fourth-order valence-electron chi connectivity index (χ4n) is 8.52. The fraction of sp³-hybridized carbons (Fsp3) is 0.0612. The molecule has 0 amide bonds. The highest BCUT2D eigenvalue weighted by atomic mass is 14.9. The van der Waals surface area contributed by atoms with E-state index in [1.165, 1.54) is 60.3 Å². The van der Waals surface area contributed by atoms with Crippen molar-refractivity contribution in [1.82, 2.24) is 9.97 Å². The second kappa shape index (κ2) is 11.3. The lowest BCUT2D eigenvalue weighted by Gasteiger charge is -2.25. The van der Waals surface area contributed by atoms with Crippen LogP contribution in [0, 0.1) is 0 Å². The van der Waals surface area contributed by atoms with E-state index in [0.29, 0.717) is 0 Å². The second-order valence-electron chi connectivity index (χ2n) is 14.1. The van der Waals surface area contributed by atoms with Crippen LogP contribution in [0.2, 0.25) is 0 Å². The zero-order valence-corrected chi connectivity index (χ0v) is 28.6. The van der Waals surface area contributed by atoms with E-state index in [1.54, 1.807) is 0 Å². The van der Waals surface area contributed by atoms with Crippen molar-refractivity contribution in [3.8, 4) is 56.2 Å². The van der Waals surface area contributed by atoms with Crippen LogP contribution in [0.3, 0.4) is 0 Å². The molecule has 0 saturated heterocycles. The van der Waals surface area contributed by atoms with Gasteiger partial charge in [-0.25, -0.2) is 9.97 Å². The number of fused-ring (bicyclic) bond motifs is 7. The molecule has 9 aromatic rings. The Kier molecular flexibility index (Phi) is 6.56. The first kappa shape index (κ1) is 29.5. The molecule has 8 aromatic carbocycles. The third kappa shape index (κ3) is 4.57. The van der Waals surface area contributed by atoms with Gasteiger partial charge < -0.3 is 0 Å². The van der Waals surface area contributed by atoms with Gasteiger partial charge in [-0.15, -0.1) is 0 Å². The molecule has 51 heavy (non-hydrogen) atoms. The molecule has 1 aromatic heterocycles. The molecule has 0 spiro atoms. The van der Waals surface area contributed by atoms with Crippen LogP contribution in [0.15, 0.2) is 170 Å². The smallest absolute Gasteiger partial charge is 0.161 e. The number of aromatic nitrogens is 2. The van der Waals surface area contributed by atoms with Crippen molar-refractivity contribution in [3.05, 3.63) is 181 Å². The molecule has 1 heterocycles. The summed E-state index contributed by atoms with van der Waals surface area (Å²) in [6.45, 7) is 4.76. The van der Waals surface area contributed by atoms with Gasteiger partial charge in [0, 0.05) is 22.1 Å². The third-order valence-corrected chi connectivity index (χ3v) is 10.9. The minimum atomic E-state index is -0.157. The molecule has 0 saturated carbocycles. The first-order valence-corrected chi connectivity index (χ1v) is 17.7. The van der Waals surface area contributed by atoms with Crippen molar-refractivity contribution in [2.75, 3.05) is 0 Å². The van der Waals surface area contributed by atoms with Gasteiger partial charge in [-0.2, -0.15) is 0 Å². The van der Waals surface area contributed by atoms with Crippen LogP contribution in [-0.2, 0) is 5.41 Å². The van der Waals surface area contributed by atoms with Crippen LogP contribution in [-0.4, -0.2) is 9.97 Å². The van der Waals surface area contributed by atoms with Gasteiger partial charge in [0.05, 0.1) is 11.4 Å². The predicted octanol–water partition coefficient (Wildman–Crippen LogP) is 12.9. The van der Waals surface area contributed by atoms with Crippen LogP contribution in [0.5, 0.6) is 0 Å². The van der Waals surface area contributed by atoms with E-state index in [2.05, 4.69) is 178 Å². The SMILES string of the molecule is CC1(C)c2ccc3ccccc3c2-c2cccc(-c3ccc(-c4cc(-c5ccccc5)nc(-c5cccc6ccccc56)n4)c4ccccc34)c21. The van der Waals surface area contributed by atoms with Crippen LogP contribution in [0.4, 0.5) is 0 Å². The van der Waals surface area contributed by atoms with Gasteiger partial charge >= 0.3 is 0 Å². The molecule has 0 bridgehead atoms. The minimum absolute atomic E-state index is 0.157. The molecule has 1 aliphatic carbocycles. The second-order valence-corrected chi connectivity index (χ2v) is 14.1. The summed E-state index contributed by atoms with van der Waals surface area (Å²) < 4.78 is 0.